The molecular formula is C12H11BrN2O2S. The third-order valence-electron chi connectivity index (χ3n) is 2.45. The molecule has 0 aliphatic carbocycles. The van der Waals surface area contributed by atoms with Crippen LogP contribution in [0.1, 0.15) is 20.9 Å². The molecule has 0 aliphatic rings. The third-order valence-corrected chi connectivity index (χ3v) is 3.93. The van der Waals surface area contributed by atoms with Gasteiger partial charge in [-0.15, -0.1) is 11.3 Å². The molecule has 2 N–H and O–H groups in total. The minimum absolute atomic E-state index is 0.0631. The van der Waals surface area contributed by atoms with Crippen LogP contribution in [0.25, 0.3) is 0 Å². The van der Waals surface area contributed by atoms with Gasteiger partial charge in [-0.1, -0.05) is 15.9 Å². The second-order valence-corrected chi connectivity index (χ2v) is 5.90. The normalized spacial score (nSPS) is 10.4. The van der Waals surface area contributed by atoms with Crippen molar-refractivity contribution in [3.63, 3.8) is 0 Å². The van der Waals surface area contributed by atoms with Gasteiger partial charge in [-0.2, -0.15) is 0 Å². The van der Waals surface area contributed by atoms with E-state index in [1.165, 1.54) is 17.4 Å². The Morgan fingerprint density at radius 2 is 2.17 bits per heavy atom. The Morgan fingerprint density at radius 1 is 1.44 bits per heavy atom. The van der Waals surface area contributed by atoms with Crippen LogP contribution in [0.3, 0.4) is 0 Å². The van der Waals surface area contributed by atoms with E-state index in [1.54, 1.807) is 12.1 Å². The first kappa shape index (κ1) is 13.0. The van der Waals surface area contributed by atoms with Crippen molar-refractivity contribution in [2.45, 2.75) is 13.8 Å². The van der Waals surface area contributed by atoms with Gasteiger partial charge in [0.2, 0.25) is 0 Å². The van der Waals surface area contributed by atoms with Gasteiger partial charge in [-0.3, -0.25) is 10.1 Å². The van der Waals surface area contributed by atoms with Crippen molar-refractivity contribution in [1.82, 2.24) is 4.98 Å². The Labute approximate surface area is 117 Å². The Bertz CT molecular complexity index is 591. The number of amides is 1. The predicted molar refractivity (Wildman–Crippen MR) is 75.3 cm³/mol. The molecular weight excluding hydrogens is 316 g/mol. The first-order chi connectivity index (χ1) is 8.47. The summed E-state index contributed by atoms with van der Waals surface area (Å²) in [5.74, 6) is -0.430. The molecule has 4 nitrogen and oxygen atoms in total. The monoisotopic (exact) mass is 326 g/mol. The number of hydrogen-bond acceptors (Lipinski definition) is 4. The number of anilines is 1. The van der Waals surface area contributed by atoms with Crippen LogP contribution in [0.2, 0.25) is 0 Å². The van der Waals surface area contributed by atoms with Crippen LogP contribution < -0.4 is 5.32 Å². The summed E-state index contributed by atoms with van der Waals surface area (Å²) in [6.07, 6.45) is 0. The summed E-state index contributed by atoms with van der Waals surface area (Å²) in [6, 6.07) is 4.74. The van der Waals surface area contributed by atoms with E-state index in [0.29, 0.717) is 5.13 Å². The number of carbonyl (C=O) groups excluding carboxylic acids is 1. The second-order valence-electron chi connectivity index (χ2n) is 3.78. The first-order valence-corrected chi connectivity index (χ1v) is 6.82. The van der Waals surface area contributed by atoms with Crippen LogP contribution in [-0.4, -0.2) is 16.0 Å². The number of halogens is 1. The van der Waals surface area contributed by atoms with E-state index in [2.05, 4.69) is 26.2 Å². The molecule has 1 aromatic carbocycles. The van der Waals surface area contributed by atoms with Crippen LogP contribution in [0.15, 0.2) is 22.7 Å². The molecule has 94 valence electrons. The van der Waals surface area contributed by atoms with Gasteiger partial charge in [0.25, 0.3) is 5.91 Å². The molecule has 0 spiro atoms. The number of thiazole rings is 1. The average Bonchev–Trinajstić information content (AvgIpc) is 2.57. The minimum Gasteiger partial charge on any atom is -0.507 e. The maximum absolute atomic E-state index is 11.9. The molecule has 0 bridgehead atoms. The molecule has 0 atom stereocenters. The molecule has 0 saturated carbocycles. The number of nitrogens with zero attached hydrogens (tertiary/aromatic N) is 1. The van der Waals surface area contributed by atoms with Gasteiger partial charge in [0.15, 0.2) is 5.13 Å². The van der Waals surface area contributed by atoms with Gasteiger partial charge >= 0.3 is 0 Å². The van der Waals surface area contributed by atoms with Crippen molar-refractivity contribution in [3.8, 4) is 5.75 Å². The van der Waals surface area contributed by atoms with Gasteiger partial charge in [-0.25, -0.2) is 4.98 Å². The number of phenols is 1. The maximum atomic E-state index is 11.9. The largest absolute Gasteiger partial charge is 0.507 e. The maximum Gasteiger partial charge on any atom is 0.261 e. The number of carbonyl (C=O) groups is 1. The molecule has 0 aliphatic heterocycles. The van der Waals surface area contributed by atoms with Crippen LogP contribution in [0.5, 0.6) is 5.75 Å². The fourth-order valence-electron chi connectivity index (χ4n) is 1.39. The Morgan fingerprint density at radius 3 is 2.72 bits per heavy atom. The van der Waals surface area contributed by atoms with Crippen LogP contribution in [0, 0.1) is 13.8 Å². The standard InChI is InChI=1S/C12H11BrN2O2S/c1-6-7(2)18-12(14-6)15-11(17)9-4-3-8(13)5-10(9)16/h3-5,16H,1-2H3,(H,14,15,17). The van der Waals surface area contributed by atoms with E-state index in [1.807, 2.05) is 13.8 Å². The summed E-state index contributed by atoms with van der Waals surface area (Å²) in [5.41, 5.74) is 1.12. The zero-order valence-electron chi connectivity index (χ0n) is 9.82. The van der Waals surface area contributed by atoms with Crippen molar-refractivity contribution >= 4 is 38.3 Å². The molecule has 0 radical (unpaired) electrons. The predicted octanol–water partition coefficient (Wildman–Crippen LogP) is 3.48. The topological polar surface area (TPSA) is 62.2 Å². The first-order valence-electron chi connectivity index (χ1n) is 5.21. The Balaban J connectivity index is 2.22. The lowest BCUT2D eigenvalue weighted by molar-refractivity contribution is 0.102. The summed E-state index contributed by atoms with van der Waals surface area (Å²) in [4.78, 5) is 17.2. The smallest absolute Gasteiger partial charge is 0.261 e. The molecule has 1 aromatic heterocycles. The molecule has 6 heteroatoms. The van der Waals surface area contributed by atoms with Gasteiger partial charge < -0.3 is 5.11 Å². The lowest BCUT2D eigenvalue weighted by Gasteiger charge is -2.04. The number of benzene rings is 1. The minimum atomic E-state index is -0.367. The molecule has 1 heterocycles. The Kier molecular flexibility index (Phi) is 3.68. The van der Waals surface area contributed by atoms with E-state index in [4.69, 9.17) is 0 Å². The van der Waals surface area contributed by atoms with E-state index in [-0.39, 0.29) is 17.2 Å². The fraction of sp³-hybridized carbons (Fsp3) is 0.167. The quantitative estimate of drug-likeness (QED) is 0.888. The summed E-state index contributed by atoms with van der Waals surface area (Å²) in [6.45, 7) is 3.83. The van der Waals surface area contributed by atoms with E-state index in [9.17, 15) is 9.90 Å². The molecule has 0 saturated heterocycles. The highest BCUT2D eigenvalue weighted by atomic mass is 79.9. The summed E-state index contributed by atoms with van der Waals surface area (Å²) in [7, 11) is 0. The highest BCUT2D eigenvalue weighted by molar-refractivity contribution is 9.10. The number of phenolic OH excluding ortho intramolecular Hbond substituents is 1. The highest BCUT2D eigenvalue weighted by Crippen LogP contribution is 2.25. The average molecular weight is 327 g/mol. The number of hydrogen-bond donors (Lipinski definition) is 2. The van der Waals surface area contributed by atoms with Crippen LogP contribution >= 0.6 is 27.3 Å². The van der Waals surface area contributed by atoms with E-state index < -0.39 is 0 Å². The molecule has 2 rings (SSSR count). The number of aryl methyl sites for hydroxylation is 2. The van der Waals surface area contributed by atoms with Crippen molar-refractivity contribution < 1.29 is 9.90 Å². The number of aromatic hydroxyl groups is 1. The summed E-state index contributed by atoms with van der Waals surface area (Å²) >= 11 is 4.64. The highest BCUT2D eigenvalue weighted by Gasteiger charge is 2.13. The van der Waals surface area contributed by atoms with Crippen LogP contribution in [-0.2, 0) is 0 Å². The van der Waals surface area contributed by atoms with Gasteiger partial charge in [-0.05, 0) is 32.0 Å². The summed E-state index contributed by atoms with van der Waals surface area (Å²) in [5, 5.41) is 12.9. The van der Waals surface area contributed by atoms with Gasteiger partial charge in [0.1, 0.15) is 5.75 Å². The zero-order chi connectivity index (χ0) is 13.3. The number of nitrogens with one attached hydrogen (secondary N) is 1. The lowest BCUT2D eigenvalue weighted by Crippen LogP contribution is -2.11. The summed E-state index contributed by atoms with van der Waals surface area (Å²) < 4.78 is 0.720. The van der Waals surface area contributed by atoms with E-state index >= 15 is 0 Å². The van der Waals surface area contributed by atoms with Crippen molar-refractivity contribution in [1.29, 1.82) is 0 Å². The van der Waals surface area contributed by atoms with Crippen molar-refractivity contribution in [2.75, 3.05) is 5.32 Å². The molecule has 0 fully saturated rings. The third kappa shape index (κ3) is 2.70. The number of rotatable bonds is 2. The second kappa shape index (κ2) is 5.07. The number of aromatic nitrogens is 1. The SMILES string of the molecule is Cc1nc(NC(=O)c2ccc(Br)cc2O)sc1C. The Hall–Kier alpha value is -1.40. The van der Waals surface area contributed by atoms with Crippen molar-refractivity contribution in [2.24, 2.45) is 0 Å². The molecule has 0 unspecified atom stereocenters. The van der Waals surface area contributed by atoms with Crippen LogP contribution in [0.4, 0.5) is 5.13 Å². The fourth-order valence-corrected chi connectivity index (χ4v) is 2.55. The molecule has 2 aromatic rings. The zero-order valence-corrected chi connectivity index (χ0v) is 12.2. The van der Waals surface area contributed by atoms with Crippen molar-refractivity contribution in [3.05, 3.63) is 38.8 Å². The van der Waals surface area contributed by atoms with E-state index in [0.717, 1.165) is 15.0 Å². The van der Waals surface area contributed by atoms with Gasteiger partial charge in [0.05, 0.1) is 11.3 Å². The van der Waals surface area contributed by atoms with Gasteiger partial charge in [0, 0.05) is 9.35 Å². The lowest BCUT2D eigenvalue weighted by atomic mass is 10.2. The molecule has 18 heavy (non-hydrogen) atoms. The molecule has 1 amide bonds.